The highest BCUT2D eigenvalue weighted by Crippen LogP contribution is 2.52. The first-order chi connectivity index (χ1) is 19.6. The average Bonchev–Trinajstić information content (AvgIpc) is 3.48. The maximum absolute atomic E-state index is 6.09. The summed E-state index contributed by atoms with van der Waals surface area (Å²) in [5, 5.41) is 10.3. The van der Waals surface area contributed by atoms with Gasteiger partial charge in [-0.25, -0.2) is 0 Å². The molecule has 7 aromatic carbocycles. The van der Waals surface area contributed by atoms with Crippen molar-refractivity contribution < 1.29 is 4.42 Å². The zero-order chi connectivity index (χ0) is 26.6. The molecule has 0 saturated heterocycles. The van der Waals surface area contributed by atoms with Crippen LogP contribution in [0.4, 0.5) is 0 Å². The first-order valence-electron chi connectivity index (χ1n) is 14.0. The van der Waals surface area contributed by atoms with Gasteiger partial charge in [0.2, 0.25) is 0 Å². The van der Waals surface area contributed by atoms with Crippen LogP contribution in [0.3, 0.4) is 0 Å². The van der Waals surface area contributed by atoms with Gasteiger partial charge >= 0.3 is 0 Å². The van der Waals surface area contributed by atoms with Gasteiger partial charge in [0.1, 0.15) is 11.2 Å². The van der Waals surface area contributed by atoms with Crippen molar-refractivity contribution in [1.29, 1.82) is 0 Å². The topological polar surface area (TPSA) is 13.1 Å². The number of benzene rings is 7. The summed E-state index contributed by atoms with van der Waals surface area (Å²) < 4.78 is 6.09. The standard InChI is InChI=1S/C39H26O/c1-39(2)35-20-24(23-16-18-38-34(19-23)30-13-7-8-14-37(30)40-38)15-17-29(35)33-21-31-27-11-5-3-9-25(27)26-10-4-6-12-28(26)32(31)22-36(33)39/h3-22H,1-2H3. The summed E-state index contributed by atoms with van der Waals surface area (Å²) in [4.78, 5) is 0. The molecule has 1 nitrogen and oxygen atoms in total. The van der Waals surface area contributed by atoms with Gasteiger partial charge in [0.15, 0.2) is 0 Å². The van der Waals surface area contributed by atoms with Crippen molar-refractivity contribution in [2.24, 2.45) is 0 Å². The van der Waals surface area contributed by atoms with E-state index in [4.69, 9.17) is 4.42 Å². The molecule has 40 heavy (non-hydrogen) atoms. The summed E-state index contributed by atoms with van der Waals surface area (Å²) in [6.45, 7) is 4.76. The molecule has 1 aliphatic carbocycles. The Balaban J connectivity index is 1.28. The summed E-state index contributed by atoms with van der Waals surface area (Å²) in [6.07, 6.45) is 0. The predicted molar refractivity (Wildman–Crippen MR) is 169 cm³/mol. The van der Waals surface area contributed by atoms with Gasteiger partial charge in [0.25, 0.3) is 0 Å². The first-order valence-corrected chi connectivity index (χ1v) is 14.0. The second-order valence-corrected chi connectivity index (χ2v) is 11.7. The van der Waals surface area contributed by atoms with Crippen LogP contribution in [0.15, 0.2) is 126 Å². The Bertz CT molecular complexity index is 2350. The van der Waals surface area contributed by atoms with Crippen molar-refractivity contribution in [1.82, 2.24) is 0 Å². The maximum Gasteiger partial charge on any atom is 0.135 e. The van der Waals surface area contributed by atoms with Gasteiger partial charge < -0.3 is 4.42 Å². The van der Waals surface area contributed by atoms with Crippen molar-refractivity contribution in [2.75, 3.05) is 0 Å². The van der Waals surface area contributed by atoms with E-state index in [1.165, 1.54) is 76.5 Å². The average molecular weight is 511 g/mol. The van der Waals surface area contributed by atoms with Crippen molar-refractivity contribution in [3.05, 3.63) is 132 Å². The molecular formula is C39H26O. The summed E-state index contributed by atoms with van der Waals surface area (Å²) in [6, 6.07) is 44.5. The van der Waals surface area contributed by atoms with Gasteiger partial charge in [-0.1, -0.05) is 98.8 Å². The number of hydrogen-bond donors (Lipinski definition) is 0. The summed E-state index contributed by atoms with van der Waals surface area (Å²) in [5.41, 5.74) is 9.73. The minimum atomic E-state index is -0.103. The third-order valence-corrected chi connectivity index (χ3v) is 9.25. The molecule has 8 aromatic rings. The molecular weight excluding hydrogens is 484 g/mol. The molecule has 1 aromatic heterocycles. The molecule has 0 bridgehead atoms. The smallest absolute Gasteiger partial charge is 0.135 e. The van der Waals surface area contributed by atoms with Gasteiger partial charge in [-0.2, -0.15) is 0 Å². The largest absolute Gasteiger partial charge is 0.456 e. The van der Waals surface area contributed by atoms with Crippen LogP contribution in [0.1, 0.15) is 25.0 Å². The number of furan rings is 1. The van der Waals surface area contributed by atoms with E-state index in [0.29, 0.717) is 0 Å². The monoisotopic (exact) mass is 510 g/mol. The maximum atomic E-state index is 6.09. The van der Waals surface area contributed by atoms with Crippen LogP contribution in [0, 0.1) is 0 Å². The Morgan fingerprint density at radius 2 is 0.925 bits per heavy atom. The fourth-order valence-electron chi connectivity index (χ4n) is 7.22. The highest BCUT2D eigenvalue weighted by Gasteiger charge is 2.36. The predicted octanol–water partition coefficient (Wildman–Crippen LogP) is 11.0. The van der Waals surface area contributed by atoms with E-state index in [-0.39, 0.29) is 5.41 Å². The molecule has 0 aliphatic heterocycles. The normalized spacial score (nSPS) is 13.9. The lowest BCUT2D eigenvalue weighted by Gasteiger charge is -2.23. The zero-order valence-electron chi connectivity index (χ0n) is 22.5. The molecule has 0 fully saturated rings. The van der Waals surface area contributed by atoms with E-state index in [1.54, 1.807) is 0 Å². The van der Waals surface area contributed by atoms with E-state index in [2.05, 4.69) is 123 Å². The first kappa shape index (κ1) is 22.0. The molecule has 1 heterocycles. The van der Waals surface area contributed by atoms with Crippen LogP contribution in [0.2, 0.25) is 0 Å². The molecule has 0 atom stereocenters. The molecule has 0 spiro atoms. The molecule has 188 valence electrons. The van der Waals surface area contributed by atoms with Crippen molar-refractivity contribution in [3.63, 3.8) is 0 Å². The summed E-state index contributed by atoms with van der Waals surface area (Å²) in [5.74, 6) is 0. The number of fused-ring (bicyclic) bond motifs is 12. The van der Waals surface area contributed by atoms with E-state index in [0.717, 1.165) is 11.2 Å². The van der Waals surface area contributed by atoms with E-state index in [9.17, 15) is 0 Å². The SMILES string of the molecule is CC1(C)c2cc(-c3ccc4oc5ccccc5c4c3)ccc2-c2cc3c4ccccc4c4ccccc4c3cc21. The zero-order valence-corrected chi connectivity index (χ0v) is 22.5. The van der Waals surface area contributed by atoms with Crippen molar-refractivity contribution in [2.45, 2.75) is 19.3 Å². The van der Waals surface area contributed by atoms with Crippen LogP contribution >= 0.6 is 0 Å². The van der Waals surface area contributed by atoms with E-state index in [1.807, 2.05) is 12.1 Å². The lowest BCUT2D eigenvalue weighted by molar-refractivity contribution is 0.661. The van der Waals surface area contributed by atoms with E-state index < -0.39 is 0 Å². The van der Waals surface area contributed by atoms with E-state index >= 15 is 0 Å². The van der Waals surface area contributed by atoms with Crippen LogP contribution in [-0.4, -0.2) is 0 Å². The highest BCUT2D eigenvalue weighted by atomic mass is 16.3. The fourth-order valence-corrected chi connectivity index (χ4v) is 7.22. The number of rotatable bonds is 1. The Labute approximate surface area is 232 Å². The third-order valence-electron chi connectivity index (χ3n) is 9.25. The Hall–Kier alpha value is -4.88. The molecule has 0 amide bonds. The Kier molecular flexibility index (Phi) is 4.18. The second-order valence-electron chi connectivity index (χ2n) is 11.7. The lowest BCUT2D eigenvalue weighted by atomic mass is 9.80. The van der Waals surface area contributed by atoms with Crippen LogP contribution < -0.4 is 0 Å². The van der Waals surface area contributed by atoms with Crippen molar-refractivity contribution in [3.8, 4) is 22.3 Å². The number of hydrogen-bond acceptors (Lipinski definition) is 1. The lowest BCUT2D eigenvalue weighted by Crippen LogP contribution is -2.15. The van der Waals surface area contributed by atoms with Crippen molar-refractivity contribution >= 4 is 54.3 Å². The molecule has 1 aliphatic rings. The van der Waals surface area contributed by atoms with Gasteiger partial charge in [-0.05, 0) is 102 Å². The third kappa shape index (κ3) is 2.82. The Morgan fingerprint density at radius 1 is 0.400 bits per heavy atom. The minimum absolute atomic E-state index is 0.103. The molecule has 9 rings (SSSR count). The quantitative estimate of drug-likeness (QED) is 0.200. The molecule has 0 saturated carbocycles. The molecule has 0 N–H and O–H groups in total. The minimum Gasteiger partial charge on any atom is -0.456 e. The van der Waals surface area contributed by atoms with Gasteiger partial charge in [-0.3, -0.25) is 0 Å². The van der Waals surface area contributed by atoms with Gasteiger partial charge in [0.05, 0.1) is 0 Å². The van der Waals surface area contributed by atoms with Crippen LogP contribution in [0.25, 0.3) is 76.5 Å². The second kappa shape index (κ2) is 7.61. The fraction of sp³-hybridized carbons (Fsp3) is 0.0769. The summed E-state index contributed by atoms with van der Waals surface area (Å²) in [7, 11) is 0. The number of para-hydroxylation sites is 1. The highest BCUT2D eigenvalue weighted by molar-refractivity contribution is 6.26. The Morgan fingerprint density at radius 3 is 1.65 bits per heavy atom. The van der Waals surface area contributed by atoms with Crippen LogP contribution in [0.5, 0.6) is 0 Å². The molecule has 0 unspecified atom stereocenters. The van der Waals surface area contributed by atoms with Gasteiger partial charge in [0, 0.05) is 16.2 Å². The summed E-state index contributed by atoms with van der Waals surface area (Å²) >= 11 is 0. The molecule has 0 radical (unpaired) electrons. The van der Waals surface area contributed by atoms with Crippen LogP contribution in [-0.2, 0) is 5.41 Å². The molecule has 1 heteroatoms. The van der Waals surface area contributed by atoms with Gasteiger partial charge in [-0.15, -0.1) is 0 Å².